The third-order valence-electron chi connectivity index (χ3n) is 7.19. The summed E-state index contributed by atoms with van der Waals surface area (Å²) in [5.74, 6) is 1.58. The van der Waals surface area contributed by atoms with Gasteiger partial charge in [-0.3, -0.25) is 9.97 Å². The van der Waals surface area contributed by atoms with Crippen LogP contribution < -0.4 is 19.8 Å². The highest BCUT2D eigenvalue weighted by Crippen LogP contribution is 2.26. The number of nitrogens with one attached hydrogen (secondary N) is 2. The van der Waals surface area contributed by atoms with Crippen LogP contribution in [0.1, 0.15) is 5.56 Å². The van der Waals surface area contributed by atoms with Crippen molar-refractivity contribution in [3.63, 3.8) is 0 Å². The Balaban J connectivity index is 1.09. The Bertz CT molecular complexity index is 1570. The minimum absolute atomic E-state index is 0.161. The van der Waals surface area contributed by atoms with Crippen molar-refractivity contribution in [2.75, 3.05) is 58.4 Å². The smallest absolute Gasteiger partial charge is 0.147 e. The normalized spacial score (nSPS) is 13.4. The van der Waals surface area contributed by atoms with E-state index < -0.39 is 0 Å². The van der Waals surface area contributed by atoms with Gasteiger partial charge in [0.05, 0.1) is 23.8 Å². The van der Waals surface area contributed by atoms with Crippen LogP contribution in [-0.4, -0.2) is 58.6 Å². The molecule has 9 heteroatoms. The SMILES string of the molecule is OCCSNc1cccc(CNc2ccc(-c3ccc4ncc(N5CCN(c6ccncc6)CC5)nc4c3)cc2)c1. The number of hydrogen-bond acceptors (Lipinski definition) is 9. The van der Waals surface area contributed by atoms with Crippen molar-refractivity contribution in [2.45, 2.75) is 6.54 Å². The molecule has 0 unspecified atom stereocenters. The van der Waals surface area contributed by atoms with Gasteiger partial charge in [-0.1, -0.05) is 42.3 Å². The van der Waals surface area contributed by atoms with E-state index in [2.05, 4.69) is 91.6 Å². The molecule has 0 bridgehead atoms. The molecule has 1 aliphatic rings. The lowest BCUT2D eigenvalue weighted by Gasteiger charge is -2.36. The summed E-state index contributed by atoms with van der Waals surface area (Å²) < 4.78 is 3.27. The molecular formula is C32H33N7OS. The molecule has 8 nitrogen and oxygen atoms in total. The summed E-state index contributed by atoms with van der Waals surface area (Å²) in [6.07, 6.45) is 5.58. The van der Waals surface area contributed by atoms with Gasteiger partial charge in [0.1, 0.15) is 5.82 Å². The van der Waals surface area contributed by atoms with E-state index in [0.29, 0.717) is 5.75 Å². The van der Waals surface area contributed by atoms with Crippen LogP contribution in [0.4, 0.5) is 22.9 Å². The van der Waals surface area contributed by atoms with E-state index in [4.69, 9.17) is 15.1 Å². The average molecular weight is 564 g/mol. The molecule has 41 heavy (non-hydrogen) atoms. The molecule has 1 fully saturated rings. The van der Waals surface area contributed by atoms with Crippen LogP contribution in [0.2, 0.25) is 0 Å². The largest absolute Gasteiger partial charge is 0.395 e. The van der Waals surface area contributed by atoms with E-state index in [1.54, 1.807) is 0 Å². The molecule has 3 aromatic carbocycles. The van der Waals surface area contributed by atoms with Crippen molar-refractivity contribution in [3.8, 4) is 11.1 Å². The molecule has 0 amide bonds. The third-order valence-corrected chi connectivity index (χ3v) is 7.95. The van der Waals surface area contributed by atoms with Crippen molar-refractivity contribution in [2.24, 2.45) is 0 Å². The Morgan fingerprint density at radius 1 is 0.780 bits per heavy atom. The maximum atomic E-state index is 8.97. The second-order valence-electron chi connectivity index (χ2n) is 9.92. The van der Waals surface area contributed by atoms with Crippen LogP contribution in [0, 0.1) is 0 Å². The fourth-order valence-electron chi connectivity index (χ4n) is 4.99. The summed E-state index contributed by atoms with van der Waals surface area (Å²) in [4.78, 5) is 18.5. The molecule has 3 N–H and O–H groups in total. The second kappa shape index (κ2) is 12.9. The third kappa shape index (κ3) is 6.70. The van der Waals surface area contributed by atoms with Crippen LogP contribution >= 0.6 is 11.9 Å². The fourth-order valence-corrected chi connectivity index (χ4v) is 5.48. The molecule has 0 aliphatic carbocycles. The molecule has 1 aliphatic heterocycles. The fraction of sp³-hybridized carbons (Fsp3) is 0.219. The van der Waals surface area contributed by atoms with Crippen LogP contribution in [-0.2, 0) is 6.54 Å². The van der Waals surface area contributed by atoms with Gasteiger partial charge in [0.15, 0.2) is 0 Å². The average Bonchev–Trinajstić information content (AvgIpc) is 3.04. The van der Waals surface area contributed by atoms with Crippen molar-refractivity contribution in [1.29, 1.82) is 0 Å². The Morgan fingerprint density at radius 3 is 2.37 bits per heavy atom. The van der Waals surface area contributed by atoms with E-state index >= 15 is 0 Å². The van der Waals surface area contributed by atoms with Crippen molar-refractivity contribution in [3.05, 3.63) is 103 Å². The number of aliphatic hydroxyl groups is 1. The number of nitrogens with zero attached hydrogens (tertiary/aromatic N) is 5. The number of fused-ring (bicyclic) bond motifs is 1. The number of pyridine rings is 1. The van der Waals surface area contributed by atoms with E-state index in [9.17, 15) is 0 Å². The number of aliphatic hydroxyl groups excluding tert-OH is 1. The number of piperazine rings is 1. The van der Waals surface area contributed by atoms with E-state index in [1.807, 2.05) is 30.7 Å². The lowest BCUT2D eigenvalue weighted by atomic mass is 10.0. The van der Waals surface area contributed by atoms with E-state index in [-0.39, 0.29) is 6.61 Å². The summed E-state index contributed by atoms with van der Waals surface area (Å²) in [5.41, 5.74) is 8.57. The summed E-state index contributed by atoms with van der Waals surface area (Å²) in [7, 11) is 0. The van der Waals surface area contributed by atoms with Gasteiger partial charge >= 0.3 is 0 Å². The molecule has 2 aromatic heterocycles. The predicted octanol–water partition coefficient (Wildman–Crippen LogP) is 5.68. The molecule has 1 saturated heterocycles. The number of aromatic nitrogens is 3. The molecule has 3 heterocycles. The summed E-state index contributed by atoms with van der Waals surface area (Å²) in [6, 6.07) is 27.2. The highest BCUT2D eigenvalue weighted by atomic mass is 32.2. The second-order valence-corrected chi connectivity index (χ2v) is 10.8. The topological polar surface area (TPSA) is 89.4 Å². The van der Waals surface area contributed by atoms with Gasteiger partial charge in [-0.05, 0) is 65.2 Å². The Hall–Kier alpha value is -4.34. The van der Waals surface area contributed by atoms with Gasteiger partial charge in [0.2, 0.25) is 0 Å². The zero-order valence-corrected chi connectivity index (χ0v) is 23.6. The highest BCUT2D eigenvalue weighted by Gasteiger charge is 2.19. The van der Waals surface area contributed by atoms with Crippen molar-refractivity contribution < 1.29 is 5.11 Å². The lowest BCUT2D eigenvalue weighted by Crippen LogP contribution is -2.46. The Kier molecular flexibility index (Phi) is 8.44. The minimum Gasteiger partial charge on any atom is -0.395 e. The number of rotatable bonds is 10. The van der Waals surface area contributed by atoms with E-state index in [1.165, 1.54) is 23.2 Å². The quantitative estimate of drug-likeness (QED) is 0.147. The first-order valence-electron chi connectivity index (χ1n) is 13.8. The Morgan fingerprint density at radius 2 is 1.56 bits per heavy atom. The van der Waals surface area contributed by atoms with E-state index in [0.717, 1.165) is 72.1 Å². The molecule has 0 saturated carbocycles. The summed E-state index contributed by atoms with van der Waals surface area (Å²) in [5, 5.41) is 12.5. The minimum atomic E-state index is 0.161. The summed E-state index contributed by atoms with van der Waals surface area (Å²) in [6.45, 7) is 4.57. The van der Waals surface area contributed by atoms with Gasteiger partial charge in [-0.15, -0.1) is 0 Å². The predicted molar refractivity (Wildman–Crippen MR) is 171 cm³/mol. The Labute approximate surface area is 244 Å². The first-order valence-corrected chi connectivity index (χ1v) is 14.8. The van der Waals surface area contributed by atoms with Crippen LogP contribution in [0.3, 0.4) is 0 Å². The van der Waals surface area contributed by atoms with Crippen molar-refractivity contribution >= 4 is 45.9 Å². The van der Waals surface area contributed by atoms with Gasteiger partial charge in [-0.2, -0.15) is 0 Å². The first-order chi connectivity index (χ1) is 20.2. The molecule has 6 rings (SSSR count). The number of anilines is 4. The van der Waals surface area contributed by atoms with Gasteiger partial charge in [0, 0.05) is 67.9 Å². The van der Waals surface area contributed by atoms with Gasteiger partial charge in [0.25, 0.3) is 0 Å². The zero-order valence-electron chi connectivity index (χ0n) is 22.8. The maximum Gasteiger partial charge on any atom is 0.147 e. The first kappa shape index (κ1) is 26.9. The van der Waals surface area contributed by atoms with Crippen molar-refractivity contribution in [1.82, 2.24) is 15.0 Å². The van der Waals surface area contributed by atoms with Crippen LogP contribution in [0.15, 0.2) is 97.5 Å². The zero-order chi connectivity index (χ0) is 27.9. The number of hydrogen-bond donors (Lipinski definition) is 3. The standard InChI is InChI=1S/C32H33N7OS/c40-18-19-41-37-28-3-1-2-24(20-28)22-34-27-7-4-25(5-8-27)26-6-9-30-31(21-26)36-32(23-35-30)39-16-14-38(15-17-39)29-10-12-33-13-11-29/h1-13,20-21,23,34,37,40H,14-19,22H2. The molecule has 0 atom stereocenters. The monoisotopic (exact) mass is 563 g/mol. The van der Waals surface area contributed by atoms with Crippen LogP contribution in [0.25, 0.3) is 22.2 Å². The molecule has 5 aromatic rings. The number of benzene rings is 3. The summed E-state index contributed by atoms with van der Waals surface area (Å²) >= 11 is 1.50. The lowest BCUT2D eigenvalue weighted by molar-refractivity contribution is 0.322. The van der Waals surface area contributed by atoms with Crippen LogP contribution in [0.5, 0.6) is 0 Å². The van der Waals surface area contributed by atoms with Gasteiger partial charge in [-0.25, -0.2) is 4.98 Å². The molecule has 208 valence electrons. The van der Waals surface area contributed by atoms with Gasteiger partial charge < -0.3 is 24.9 Å². The maximum absolute atomic E-state index is 8.97. The molecule has 0 spiro atoms. The highest BCUT2D eigenvalue weighted by molar-refractivity contribution is 8.00. The molecule has 0 radical (unpaired) electrons. The molecular weight excluding hydrogens is 530 g/mol.